The van der Waals surface area contributed by atoms with Crippen molar-refractivity contribution in [2.24, 2.45) is 0 Å². The van der Waals surface area contributed by atoms with Crippen molar-refractivity contribution in [2.75, 3.05) is 5.32 Å². The largest absolute Gasteiger partial charge is 0.322 e. The Balaban J connectivity index is 1.87. The molecule has 0 atom stereocenters. The van der Waals surface area contributed by atoms with E-state index < -0.39 is 0 Å². The van der Waals surface area contributed by atoms with Gasteiger partial charge < -0.3 is 5.32 Å². The predicted molar refractivity (Wildman–Crippen MR) is 124 cm³/mol. The highest BCUT2D eigenvalue weighted by molar-refractivity contribution is 6.08. The molecule has 4 aromatic carbocycles. The molecular formula is C28H21NO. The minimum Gasteiger partial charge on any atom is -0.322 e. The summed E-state index contributed by atoms with van der Waals surface area (Å²) in [6.45, 7) is 3.66. The first-order valence-corrected chi connectivity index (χ1v) is 10.1. The van der Waals surface area contributed by atoms with Crippen molar-refractivity contribution in [3.05, 3.63) is 115 Å². The quantitative estimate of drug-likeness (QED) is 0.341. The zero-order valence-electron chi connectivity index (χ0n) is 16.6. The third-order valence-corrected chi connectivity index (χ3v) is 5.69. The molecular weight excluding hydrogens is 366 g/mol. The van der Waals surface area contributed by atoms with Gasteiger partial charge >= 0.3 is 0 Å². The lowest BCUT2D eigenvalue weighted by Crippen LogP contribution is -2.11. The molecule has 1 aliphatic rings. The molecule has 1 N–H and O–H groups in total. The molecule has 1 amide bonds. The van der Waals surface area contributed by atoms with Crippen molar-refractivity contribution in [1.29, 1.82) is 0 Å². The van der Waals surface area contributed by atoms with Crippen LogP contribution in [0.15, 0.2) is 104 Å². The molecule has 0 spiro atoms. The summed E-state index contributed by atoms with van der Waals surface area (Å²) in [4.78, 5) is 12.5. The predicted octanol–water partition coefficient (Wildman–Crippen LogP) is 6.72. The number of hydrogen-bond acceptors (Lipinski definition) is 1. The number of carbonyl (C=O) groups excluding carboxylic acids is 1. The van der Waals surface area contributed by atoms with Crippen molar-refractivity contribution in [2.45, 2.75) is 6.42 Å². The number of anilines is 1. The van der Waals surface area contributed by atoms with Crippen molar-refractivity contribution in [1.82, 2.24) is 0 Å². The summed E-state index contributed by atoms with van der Waals surface area (Å²) in [5.41, 5.74) is 10.1. The van der Waals surface area contributed by atoms with Crippen molar-refractivity contribution in [3.63, 3.8) is 0 Å². The molecule has 0 saturated heterocycles. The SMILES string of the molecule is C=CC(=O)Nc1c2c(cc(-c3ccccc3)c1-c1ccccc1)-c1ccccc1C2. The molecule has 0 aromatic heterocycles. The Labute approximate surface area is 176 Å². The zero-order valence-corrected chi connectivity index (χ0v) is 16.6. The Morgan fingerprint density at radius 3 is 2.10 bits per heavy atom. The minimum atomic E-state index is -0.199. The molecule has 0 bridgehead atoms. The standard InChI is InChI=1S/C28H21NO/c1-2-26(30)29-28-25-17-21-15-9-10-16-22(21)24(25)18-23(19-11-5-3-6-12-19)27(28)20-13-7-4-8-14-20/h2-16,18H,1,17H2,(H,29,30). The Morgan fingerprint density at radius 2 is 1.40 bits per heavy atom. The van der Waals surface area contributed by atoms with E-state index in [2.05, 4.69) is 66.5 Å². The van der Waals surface area contributed by atoms with Crippen LogP contribution in [0.5, 0.6) is 0 Å². The maximum Gasteiger partial charge on any atom is 0.247 e. The van der Waals surface area contributed by atoms with Gasteiger partial charge in [-0.3, -0.25) is 4.79 Å². The van der Waals surface area contributed by atoms with Crippen LogP contribution < -0.4 is 5.32 Å². The van der Waals surface area contributed by atoms with Crippen LogP contribution in [0.1, 0.15) is 11.1 Å². The van der Waals surface area contributed by atoms with E-state index in [0.29, 0.717) is 0 Å². The molecule has 2 heteroatoms. The second-order valence-electron chi connectivity index (χ2n) is 7.46. The van der Waals surface area contributed by atoms with Gasteiger partial charge in [0.25, 0.3) is 0 Å². The van der Waals surface area contributed by atoms with E-state index in [1.807, 2.05) is 36.4 Å². The van der Waals surface area contributed by atoms with Gasteiger partial charge in [-0.15, -0.1) is 0 Å². The average Bonchev–Trinajstić information content (AvgIpc) is 3.18. The van der Waals surface area contributed by atoms with Gasteiger partial charge in [0.2, 0.25) is 5.91 Å². The van der Waals surface area contributed by atoms with Gasteiger partial charge in [0.15, 0.2) is 0 Å². The van der Waals surface area contributed by atoms with Gasteiger partial charge in [-0.05, 0) is 51.1 Å². The maximum absolute atomic E-state index is 12.5. The molecule has 30 heavy (non-hydrogen) atoms. The van der Waals surface area contributed by atoms with Gasteiger partial charge in [0.05, 0.1) is 5.69 Å². The molecule has 4 aromatic rings. The van der Waals surface area contributed by atoms with Crippen LogP contribution in [-0.4, -0.2) is 5.91 Å². The highest BCUT2D eigenvalue weighted by Crippen LogP contribution is 2.49. The summed E-state index contributed by atoms with van der Waals surface area (Å²) < 4.78 is 0. The van der Waals surface area contributed by atoms with Crippen LogP contribution in [0, 0.1) is 0 Å². The summed E-state index contributed by atoms with van der Waals surface area (Å²) in [6.07, 6.45) is 2.13. The molecule has 0 fully saturated rings. The zero-order chi connectivity index (χ0) is 20.5. The first-order valence-electron chi connectivity index (χ1n) is 10.1. The van der Waals surface area contributed by atoms with E-state index in [-0.39, 0.29) is 5.91 Å². The number of carbonyl (C=O) groups is 1. The highest BCUT2D eigenvalue weighted by atomic mass is 16.1. The second kappa shape index (κ2) is 7.49. The molecule has 0 unspecified atom stereocenters. The lowest BCUT2D eigenvalue weighted by Gasteiger charge is -2.20. The monoisotopic (exact) mass is 387 g/mol. The number of rotatable bonds is 4. The third kappa shape index (κ3) is 3.03. The third-order valence-electron chi connectivity index (χ3n) is 5.69. The van der Waals surface area contributed by atoms with E-state index in [4.69, 9.17) is 0 Å². The van der Waals surface area contributed by atoms with Crippen LogP contribution in [0.4, 0.5) is 5.69 Å². The van der Waals surface area contributed by atoms with Crippen LogP contribution in [0.25, 0.3) is 33.4 Å². The van der Waals surface area contributed by atoms with Crippen LogP contribution in [0.3, 0.4) is 0 Å². The second-order valence-corrected chi connectivity index (χ2v) is 7.46. The number of amides is 1. The van der Waals surface area contributed by atoms with Gasteiger partial charge in [-0.2, -0.15) is 0 Å². The van der Waals surface area contributed by atoms with Gasteiger partial charge in [0.1, 0.15) is 0 Å². The molecule has 0 radical (unpaired) electrons. The summed E-state index contributed by atoms with van der Waals surface area (Å²) in [6, 6.07) is 31.4. The minimum absolute atomic E-state index is 0.199. The van der Waals surface area contributed by atoms with Crippen molar-refractivity contribution >= 4 is 11.6 Å². The smallest absolute Gasteiger partial charge is 0.247 e. The summed E-state index contributed by atoms with van der Waals surface area (Å²) in [7, 11) is 0. The van der Waals surface area contributed by atoms with Gasteiger partial charge in [-0.1, -0.05) is 91.5 Å². The van der Waals surface area contributed by atoms with Crippen LogP contribution in [0.2, 0.25) is 0 Å². The molecule has 0 heterocycles. The fraction of sp³-hybridized carbons (Fsp3) is 0.0357. The number of hydrogen-bond donors (Lipinski definition) is 1. The van der Waals surface area contributed by atoms with E-state index in [1.165, 1.54) is 22.8 Å². The average molecular weight is 387 g/mol. The van der Waals surface area contributed by atoms with Crippen molar-refractivity contribution in [3.8, 4) is 33.4 Å². The van der Waals surface area contributed by atoms with Crippen LogP contribution >= 0.6 is 0 Å². The fourth-order valence-electron chi connectivity index (χ4n) is 4.34. The molecule has 144 valence electrons. The molecule has 0 aliphatic heterocycles. The number of benzene rings is 4. The highest BCUT2D eigenvalue weighted by Gasteiger charge is 2.27. The first-order chi connectivity index (χ1) is 14.8. The lowest BCUT2D eigenvalue weighted by atomic mass is 9.88. The number of nitrogens with one attached hydrogen (secondary N) is 1. The topological polar surface area (TPSA) is 29.1 Å². The summed E-state index contributed by atoms with van der Waals surface area (Å²) in [5.74, 6) is -0.199. The van der Waals surface area contributed by atoms with Crippen molar-refractivity contribution < 1.29 is 4.79 Å². The van der Waals surface area contributed by atoms with E-state index in [0.717, 1.165) is 39.9 Å². The van der Waals surface area contributed by atoms with E-state index in [9.17, 15) is 4.79 Å². The van der Waals surface area contributed by atoms with E-state index in [1.54, 1.807) is 0 Å². The maximum atomic E-state index is 12.5. The Morgan fingerprint density at radius 1 is 0.767 bits per heavy atom. The molecule has 1 aliphatic carbocycles. The molecule has 5 rings (SSSR count). The number of fused-ring (bicyclic) bond motifs is 3. The Kier molecular flexibility index (Phi) is 4.53. The van der Waals surface area contributed by atoms with Gasteiger partial charge in [-0.25, -0.2) is 0 Å². The van der Waals surface area contributed by atoms with Crippen LogP contribution in [-0.2, 0) is 11.2 Å². The fourth-order valence-corrected chi connectivity index (χ4v) is 4.34. The molecule has 2 nitrogen and oxygen atoms in total. The van der Waals surface area contributed by atoms with Gasteiger partial charge in [0, 0.05) is 12.0 Å². The summed E-state index contributed by atoms with van der Waals surface area (Å²) in [5, 5.41) is 3.15. The summed E-state index contributed by atoms with van der Waals surface area (Å²) >= 11 is 0. The Hall–Kier alpha value is -3.91. The normalized spacial score (nSPS) is 11.5. The lowest BCUT2D eigenvalue weighted by molar-refractivity contribution is -0.111. The van der Waals surface area contributed by atoms with E-state index >= 15 is 0 Å². The molecule has 0 saturated carbocycles. The first kappa shape index (κ1) is 18.1. The Bertz CT molecular complexity index is 1260.